The summed E-state index contributed by atoms with van der Waals surface area (Å²) < 4.78 is 5.25. The van der Waals surface area contributed by atoms with Crippen molar-refractivity contribution in [3.8, 4) is 0 Å². The lowest BCUT2D eigenvalue weighted by Gasteiger charge is -2.11. The van der Waals surface area contributed by atoms with Crippen molar-refractivity contribution in [2.75, 3.05) is 20.1 Å². The Labute approximate surface area is 79.5 Å². The van der Waals surface area contributed by atoms with Gasteiger partial charge in [-0.2, -0.15) is 0 Å². The van der Waals surface area contributed by atoms with Crippen LogP contribution in [0.3, 0.4) is 0 Å². The maximum atomic E-state index is 5.25. The zero-order chi connectivity index (χ0) is 9.52. The lowest BCUT2D eigenvalue weighted by molar-refractivity contribution is 0.456. The number of hydrogen-bond donors (Lipinski definition) is 2. The second-order valence-electron chi connectivity index (χ2n) is 3.24. The van der Waals surface area contributed by atoms with E-state index in [-0.39, 0.29) is 0 Å². The molecule has 0 fully saturated rings. The SMILES string of the molecule is CNCCNC(C)Cc1ccco1. The summed E-state index contributed by atoms with van der Waals surface area (Å²) in [4.78, 5) is 0. The van der Waals surface area contributed by atoms with Crippen molar-refractivity contribution < 1.29 is 4.42 Å². The molecule has 74 valence electrons. The molecule has 0 spiro atoms. The first kappa shape index (κ1) is 10.3. The monoisotopic (exact) mass is 182 g/mol. The highest BCUT2D eigenvalue weighted by molar-refractivity contribution is 4.99. The Morgan fingerprint density at radius 2 is 2.31 bits per heavy atom. The molecular formula is C10H18N2O. The first-order valence-electron chi connectivity index (χ1n) is 4.73. The highest BCUT2D eigenvalue weighted by Crippen LogP contribution is 2.03. The van der Waals surface area contributed by atoms with Gasteiger partial charge in [0.1, 0.15) is 5.76 Å². The van der Waals surface area contributed by atoms with E-state index >= 15 is 0 Å². The number of likely N-dealkylation sites (N-methyl/N-ethyl adjacent to an activating group) is 1. The Bertz CT molecular complexity index is 209. The molecule has 0 amide bonds. The van der Waals surface area contributed by atoms with E-state index in [4.69, 9.17) is 4.42 Å². The van der Waals surface area contributed by atoms with E-state index in [0.29, 0.717) is 6.04 Å². The Morgan fingerprint density at radius 3 is 2.92 bits per heavy atom. The summed E-state index contributed by atoms with van der Waals surface area (Å²) in [6.45, 7) is 4.17. The largest absolute Gasteiger partial charge is 0.469 e. The lowest BCUT2D eigenvalue weighted by atomic mass is 10.2. The Balaban J connectivity index is 2.14. The highest BCUT2D eigenvalue weighted by Gasteiger charge is 2.03. The van der Waals surface area contributed by atoms with Crippen molar-refractivity contribution in [3.63, 3.8) is 0 Å². The second-order valence-corrected chi connectivity index (χ2v) is 3.24. The van der Waals surface area contributed by atoms with Gasteiger partial charge in [0.05, 0.1) is 6.26 Å². The minimum Gasteiger partial charge on any atom is -0.469 e. The van der Waals surface area contributed by atoms with E-state index in [9.17, 15) is 0 Å². The molecule has 0 saturated carbocycles. The summed E-state index contributed by atoms with van der Waals surface area (Å²) in [5.41, 5.74) is 0. The molecule has 1 rings (SSSR count). The fourth-order valence-electron chi connectivity index (χ4n) is 1.25. The molecule has 1 aromatic rings. The highest BCUT2D eigenvalue weighted by atomic mass is 16.3. The van der Waals surface area contributed by atoms with E-state index in [0.717, 1.165) is 25.3 Å². The molecule has 1 aromatic heterocycles. The quantitative estimate of drug-likeness (QED) is 0.645. The predicted molar refractivity (Wildman–Crippen MR) is 53.8 cm³/mol. The zero-order valence-corrected chi connectivity index (χ0v) is 8.34. The Morgan fingerprint density at radius 1 is 1.46 bits per heavy atom. The fourth-order valence-corrected chi connectivity index (χ4v) is 1.25. The van der Waals surface area contributed by atoms with Crippen LogP contribution in [0.4, 0.5) is 0 Å². The van der Waals surface area contributed by atoms with Crippen LogP contribution in [0.5, 0.6) is 0 Å². The van der Waals surface area contributed by atoms with Crippen LogP contribution in [0.15, 0.2) is 22.8 Å². The maximum Gasteiger partial charge on any atom is 0.105 e. The average Bonchev–Trinajstić information content (AvgIpc) is 2.57. The van der Waals surface area contributed by atoms with Gasteiger partial charge in [-0.1, -0.05) is 0 Å². The molecule has 0 saturated heterocycles. The average molecular weight is 182 g/mol. The van der Waals surface area contributed by atoms with E-state index in [2.05, 4.69) is 17.6 Å². The van der Waals surface area contributed by atoms with Crippen LogP contribution >= 0.6 is 0 Å². The minimum absolute atomic E-state index is 0.472. The number of hydrogen-bond acceptors (Lipinski definition) is 3. The van der Waals surface area contributed by atoms with Gasteiger partial charge in [0.15, 0.2) is 0 Å². The van der Waals surface area contributed by atoms with Crippen molar-refractivity contribution in [1.29, 1.82) is 0 Å². The Kier molecular flexibility index (Phi) is 4.57. The van der Waals surface area contributed by atoms with Gasteiger partial charge >= 0.3 is 0 Å². The van der Waals surface area contributed by atoms with Crippen LogP contribution in [0.25, 0.3) is 0 Å². The van der Waals surface area contributed by atoms with Gasteiger partial charge in [-0.05, 0) is 26.1 Å². The van der Waals surface area contributed by atoms with Gasteiger partial charge in [-0.3, -0.25) is 0 Å². The predicted octanol–water partition coefficient (Wildman–Crippen LogP) is 1.02. The van der Waals surface area contributed by atoms with Crippen LogP contribution < -0.4 is 10.6 Å². The van der Waals surface area contributed by atoms with Crippen LogP contribution in [0.1, 0.15) is 12.7 Å². The standard InChI is InChI=1S/C10H18N2O/c1-9(12-6-5-11-2)8-10-4-3-7-13-10/h3-4,7,9,11-12H,5-6,8H2,1-2H3. The van der Waals surface area contributed by atoms with Gasteiger partial charge in [0.25, 0.3) is 0 Å². The molecule has 1 heterocycles. The van der Waals surface area contributed by atoms with Crippen LogP contribution in [0.2, 0.25) is 0 Å². The molecule has 0 aliphatic rings. The normalized spacial score (nSPS) is 13.1. The van der Waals surface area contributed by atoms with Crippen LogP contribution in [-0.2, 0) is 6.42 Å². The van der Waals surface area contributed by atoms with Gasteiger partial charge in [0, 0.05) is 25.6 Å². The molecule has 2 N–H and O–H groups in total. The van der Waals surface area contributed by atoms with Crippen molar-refractivity contribution in [2.24, 2.45) is 0 Å². The third-order valence-electron chi connectivity index (χ3n) is 1.96. The summed E-state index contributed by atoms with van der Waals surface area (Å²) in [5.74, 6) is 1.05. The molecule has 0 aliphatic heterocycles. The second kappa shape index (κ2) is 5.78. The summed E-state index contributed by atoms with van der Waals surface area (Å²) in [6, 6.07) is 4.41. The lowest BCUT2D eigenvalue weighted by Crippen LogP contribution is -2.33. The van der Waals surface area contributed by atoms with Crippen molar-refractivity contribution in [1.82, 2.24) is 10.6 Å². The molecule has 0 bridgehead atoms. The molecule has 1 atom stereocenters. The van der Waals surface area contributed by atoms with Gasteiger partial charge in [-0.25, -0.2) is 0 Å². The smallest absolute Gasteiger partial charge is 0.105 e. The zero-order valence-electron chi connectivity index (χ0n) is 8.34. The summed E-state index contributed by atoms with van der Waals surface area (Å²) in [7, 11) is 1.96. The molecule has 0 radical (unpaired) electrons. The molecule has 3 nitrogen and oxygen atoms in total. The number of nitrogens with one attached hydrogen (secondary N) is 2. The van der Waals surface area contributed by atoms with E-state index < -0.39 is 0 Å². The molecule has 1 unspecified atom stereocenters. The van der Waals surface area contributed by atoms with Gasteiger partial charge in [-0.15, -0.1) is 0 Å². The van der Waals surface area contributed by atoms with Crippen LogP contribution in [0, 0.1) is 0 Å². The third-order valence-corrected chi connectivity index (χ3v) is 1.96. The van der Waals surface area contributed by atoms with E-state index in [1.54, 1.807) is 6.26 Å². The topological polar surface area (TPSA) is 37.2 Å². The molecular weight excluding hydrogens is 164 g/mol. The van der Waals surface area contributed by atoms with Crippen molar-refractivity contribution in [2.45, 2.75) is 19.4 Å². The summed E-state index contributed by atoms with van der Waals surface area (Å²) >= 11 is 0. The first-order valence-corrected chi connectivity index (χ1v) is 4.73. The Hall–Kier alpha value is -0.800. The number of rotatable bonds is 6. The number of furan rings is 1. The first-order chi connectivity index (χ1) is 6.33. The maximum absolute atomic E-state index is 5.25. The summed E-state index contributed by atoms with van der Waals surface area (Å²) in [6.07, 6.45) is 2.67. The van der Waals surface area contributed by atoms with Gasteiger partial charge in [0.2, 0.25) is 0 Å². The molecule has 0 aromatic carbocycles. The van der Waals surface area contributed by atoms with E-state index in [1.165, 1.54) is 0 Å². The minimum atomic E-state index is 0.472. The summed E-state index contributed by atoms with van der Waals surface area (Å²) in [5, 5.41) is 6.50. The molecule has 13 heavy (non-hydrogen) atoms. The van der Waals surface area contributed by atoms with E-state index in [1.807, 2.05) is 19.2 Å². The van der Waals surface area contributed by atoms with Crippen LogP contribution in [-0.4, -0.2) is 26.2 Å². The molecule has 3 heteroatoms. The fraction of sp³-hybridized carbons (Fsp3) is 0.600. The third kappa shape index (κ3) is 4.10. The van der Waals surface area contributed by atoms with Gasteiger partial charge < -0.3 is 15.1 Å². The molecule has 0 aliphatic carbocycles. The van der Waals surface area contributed by atoms with Crippen molar-refractivity contribution >= 4 is 0 Å². The van der Waals surface area contributed by atoms with Crippen molar-refractivity contribution in [3.05, 3.63) is 24.2 Å².